The lowest BCUT2D eigenvalue weighted by Crippen LogP contribution is -2.50. The second-order valence-corrected chi connectivity index (χ2v) is 13.8. The lowest BCUT2D eigenvalue weighted by Gasteiger charge is -2.27. The lowest BCUT2D eigenvalue weighted by molar-refractivity contribution is -0.132. The highest BCUT2D eigenvalue weighted by Gasteiger charge is 2.28. The van der Waals surface area contributed by atoms with Gasteiger partial charge in [-0.25, -0.2) is 0 Å². The maximum Gasteiger partial charge on any atom is 0.249 e. The summed E-state index contributed by atoms with van der Waals surface area (Å²) in [6, 6.07) is -1.02. The third kappa shape index (κ3) is 28.1. The van der Waals surface area contributed by atoms with E-state index in [9.17, 15) is 30.3 Å². The van der Waals surface area contributed by atoms with Crippen molar-refractivity contribution in [3.8, 4) is 0 Å². The largest absolute Gasteiger partial charge is 0.394 e. The van der Waals surface area contributed by atoms with Crippen LogP contribution in [0, 0.1) is 0 Å². The van der Waals surface area contributed by atoms with Crippen molar-refractivity contribution in [3.63, 3.8) is 0 Å². The molecule has 0 aromatic heterocycles. The molecule has 5 atom stereocenters. The highest BCUT2D eigenvalue weighted by molar-refractivity contribution is 5.80. The van der Waals surface area contributed by atoms with Crippen molar-refractivity contribution in [1.82, 2.24) is 5.32 Å². The molecule has 0 aliphatic heterocycles. The van der Waals surface area contributed by atoms with Crippen molar-refractivity contribution in [2.45, 2.75) is 224 Å². The van der Waals surface area contributed by atoms with Gasteiger partial charge in [-0.2, -0.15) is 0 Å². The zero-order chi connectivity index (χ0) is 34.1. The summed E-state index contributed by atoms with van der Waals surface area (Å²) in [5.74, 6) is -0.626. The van der Waals surface area contributed by atoms with Crippen molar-refractivity contribution in [2.75, 3.05) is 6.61 Å². The van der Waals surface area contributed by atoms with Crippen LogP contribution in [0.2, 0.25) is 0 Å². The number of carbonyl (C=O) groups is 1. The molecule has 0 aromatic carbocycles. The molecular formula is C39H77NO6. The number of hydrogen-bond donors (Lipinski definition) is 6. The first-order valence-electron chi connectivity index (χ1n) is 19.7. The summed E-state index contributed by atoms with van der Waals surface area (Å²) in [7, 11) is 0. The Kier molecular flexibility index (Phi) is 33.2. The zero-order valence-electron chi connectivity index (χ0n) is 30.2. The topological polar surface area (TPSA) is 130 Å². The van der Waals surface area contributed by atoms with E-state index in [2.05, 4.69) is 25.2 Å². The number of aliphatic hydroxyl groups excluding tert-OH is 5. The summed E-state index contributed by atoms with van der Waals surface area (Å²) < 4.78 is 0. The molecule has 274 valence electrons. The van der Waals surface area contributed by atoms with Gasteiger partial charge in [-0.05, 0) is 32.1 Å². The number of unbranched alkanes of at least 4 members (excludes halogenated alkanes) is 22. The molecule has 0 aliphatic rings. The Labute approximate surface area is 284 Å². The number of aliphatic hydroxyl groups is 5. The zero-order valence-corrected chi connectivity index (χ0v) is 30.2. The molecule has 0 aromatic rings. The second-order valence-electron chi connectivity index (χ2n) is 13.8. The third-order valence-electron chi connectivity index (χ3n) is 9.32. The number of carbonyl (C=O) groups excluding carboxylic acids is 1. The van der Waals surface area contributed by atoms with Gasteiger partial charge in [-0.1, -0.05) is 167 Å². The van der Waals surface area contributed by atoms with Crippen LogP contribution < -0.4 is 5.32 Å². The fourth-order valence-electron chi connectivity index (χ4n) is 6.04. The first-order chi connectivity index (χ1) is 22.4. The van der Waals surface area contributed by atoms with Crippen molar-refractivity contribution in [3.05, 3.63) is 12.2 Å². The van der Waals surface area contributed by atoms with Crippen LogP contribution in [-0.2, 0) is 4.79 Å². The Bertz CT molecular complexity index is 675. The normalized spacial score (nSPS) is 15.2. The summed E-state index contributed by atoms with van der Waals surface area (Å²) in [5.41, 5.74) is 0. The fourth-order valence-corrected chi connectivity index (χ4v) is 6.04. The van der Waals surface area contributed by atoms with E-state index in [1.54, 1.807) is 0 Å². The minimum atomic E-state index is -1.24. The molecule has 0 rings (SSSR count). The van der Waals surface area contributed by atoms with E-state index < -0.39 is 43.0 Å². The Morgan fingerprint density at radius 2 is 0.935 bits per heavy atom. The van der Waals surface area contributed by atoms with Gasteiger partial charge in [-0.15, -0.1) is 0 Å². The van der Waals surface area contributed by atoms with Crippen molar-refractivity contribution < 1.29 is 30.3 Å². The van der Waals surface area contributed by atoms with Gasteiger partial charge >= 0.3 is 0 Å². The molecule has 0 saturated heterocycles. The summed E-state index contributed by atoms with van der Waals surface area (Å²) in [6.45, 7) is 3.97. The lowest BCUT2D eigenvalue weighted by atomic mass is 9.98. The van der Waals surface area contributed by atoms with Gasteiger partial charge in [0.2, 0.25) is 5.91 Å². The number of amides is 1. The molecule has 0 heterocycles. The monoisotopic (exact) mass is 656 g/mol. The quantitative estimate of drug-likeness (QED) is 0.0300. The highest BCUT2D eigenvalue weighted by atomic mass is 16.3. The summed E-state index contributed by atoms with van der Waals surface area (Å²) >= 11 is 0. The van der Waals surface area contributed by atoms with Crippen molar-refractivity contribution in [1.29, 1.82) is 0 Å². The molecule has 0 aliphatic carbocycles. The Morgan fingerprint density at radius 1 is 0.522 bits per heavy atom. The van der Waals surface area contributed by atoms with Gasteiger partial charge in [0, 0.05) is 6.42 Å². The second kappa shape index (κ2) is 33.9. The first kappa shape index (κ1) is 45.0. The van der Waals surface area contributed by atoms with E-state index in [-0.39, 0.29) is 6.42 Å². The maximum atomic E-state index is 12.4. The fraction of sp³-hybridized carbons (Fsp3) is 0.923. The molecule has 46 heavy (non-hydrogen) atoms. The minimum absolute atomic E-state index is 0.177. The molecule has 0 radical (unpaired) electrons. The van der Waals surface area contributed by atoms with Crippen LogP contribution in [0.25, 0.3) is 0 Å². The summed E-state index contributed by atoms with van der Waals surface area (Å²) in [5, 5.41) is 53.7. The molecule has 7 heteroatoms. The predicted octanol–water partition coefficient (Wildman–Crippen LogP) is 8.43. The third-order valence-corrected chi connectivity index (χ3v) is 9.32. The molecule has 6 N–H and O–H groups in total. The van der Waals surface area contributed by atoms with Gasteiger partial charge in [-0.3, -0.25) is 4.79 Å². The maximum absolute atomic E-state index is 12.4. The van der Waals surface area contributed by atoms with E-state index in [0.717, 1.165) is 25.7 Å². The molecular weight excluding hydrogens is 578 g/mol. The molecule has 0 saturated carbocycles. The van der Waals surface area contributed by atoms with Crippen LogP contribution in [0.5, 0.6) is 0 Å². The molecule has 1 amide bonds. The standard InChI is InChI=1S/C39H77NO6/c1-3-5-7-9-11-13-15-16-17-18-19-21-22-24-26-28-30-35(42)38(45)32-37(44)34(33-41)40-39(46)36(43)31-29-27-25-23-20-14-12-10-8-6-4-2/h24,26,34-38,41-45H,3-23,25,27-33H2,1-2H3,(H,40,46)/b26-24+. The Morgan fingerprint density at radius 3 is 1.39 bits per heavy atom. The molecule has 5 unspecified atom stereocenters. The van der Waals surface area contributed by atoms with Crippen LogP contribution in [0.15, 0.2) is 12.2 Å². The van der Waals surface area contributed by atoms with Gasteiger partial charge in [0.1, 0.15) is 6.10 Å². The first-order valence-corrected chi connectivity index (χ1v) is 19.7. The molecule has 0 fully saturated rings. The average Bonchev–Trinajstić information content (AvgIpc) is 3.05. The van der Waals surface area contributed by atoms with Crippen LogP contribution in [-0.4, -0.2) is 68.5 Å². The number of allylic oxidation sites excluding steroid dienone is 2. The Hall–Kier alpha value is -0.990. The average molecular weight is 656 g/mol. The van der Waals surface area contributed by atoms with Crippen LogP contribution >= 0.6 is 0 Å². The van der Waals surface area contributed by atoms with Crippen LogP contribution in [0.3, 0.4) is 0 Å². The molecule has 0 spiro atoms. The van der Waals surface area contributed by atoms with Crippen LogP contribution in [0.4, 0.5) is 0 Å². The smallest absolute Gasteiger partial charge is 0.249 e. The van der Waals surface area contributed by atoms with E-state index in [0.29, 0.717) is 19.3 Å². The summed E-state index contributed by atoms with van der Waals surface area (Å²) in [4.78, 5) is 12.4. The number of rotatable bonds is 35. The minimum Gasteiger partial charge on any atom is -0.394 e. The van der Waals surface area contributed by atoms with Gasteiger partial charge in [0.15, 0.2) is 0 Å². The summed E-state index contributed by atoms with van der Waals surface area (Å²) in [6.07, 6.45) is 30.9. The number of nitrogens with one attached hydrogen (secondary N) is 1. The van der Waals surface area contributed by atoms with E-state index in [1.807, 2.05) is 6.08 Å². The highest BCUT2D eigenvalue weighted by Crippen LogP contribution is 2.16. The van der Waals surface area contributed by atoms with Crippen molar-refractivity contribution >= 4 is 5.91 Å². The van der Waals surface area contributed by atoms with Crippen LogP contribution in [0.1, 0.15) is 194 Å². The Balaban J connectivity index is 3.93. The van der Waals surface area contributed by atoms with E-state index in [1.165, 1.54) is 128 Å². The predicted molar refractivity (Wildman–Crippen MR) is 193 cm³/mol. The van der Waals surface area contributed by atoms with Gasteiger partial charge in [0.05, 0.1) is 31.0 Å². The van der Waals surface area contributed by atoms with E-state index >= 15 is 0 Å². The van der Waals surface area contributed by atoms with Gasteiger partial charge < -0.3 is 30.8 Å². The molecule has 0 bridgehead atoms. The van der Waals surface area contributed by atoms with Crippen molar-refractivity contribution in [2.24, 2.45) is 0 Å². The number of hydrogen-bond acceptors (Lipinski definition) is 6. The SMILES string of the molecule is CCCCCCCCCCCCCC/C=C/CCC(O)C(O)CC(O)C(CO)NC(=O)C(O)CCCCCCCCCCCCC. The molecule has 7 nitrogen and oxygen atoms in total. The van der Waals surface area contributed by atoms with Gasteiger partial charge in [0.25, 0.3) is 0 Å². The van der Waals surface area contributed by atoms with E-state index in [4.69, 9.17) is 0 Å².